The molecule has 1 aliphatic carbocycles. The second-order valence-electron chi connectivity index (χ2n) is 5.95. The standard InChI is InChI=1S/C15H19F3N2OS/c16-15(17,18)10-19-5-7-20(8-6-19)14(21)13-9-11-3-1-2-4-12(11)22-13/h9H,1-8,10H2. The first-order valence-corrected chi connectivity index (χ1v) is 8.44. The molecule has 3 rings (SSSR count). The molecule has 7 heteroatoms. The molecule has 1 aliphatic heterocycles. The van der Waals surface area contributed by atoms with Crippen molar-refractivity contribution in [3.8, 4) is 0 Å². The van der Waals surface area contributed by atoms with Crippen LogP contribution in [0, 0.1) is 0 Å². The van der Waals surface area contributed by atoms with Crippen LogP contribution in [0.25, 0.3) is 0 Å². The lowest BCUT2D eigenvalue weighted by Gasteiger charge is -2.34. The molecule has 122 valence electrons. The second-order valence-corrected chi connectivity index (χ2v) is 7.09. The van der Waals surface area contributed by atoms with Crippen LogP contribution in [-0.2, 0) is 12.8 Å². The molecule has 0 bridgehead atoms. The van der Waals surface area contributed by atoms with E-state index in [1.54, 1.807) is 16.2 Å². The van der Waals surface area contributed by atoms with E-state index in [1.807, 2.05) is 6.07 Å². The van der Waals surface area contributed by atoms with E-state index < -0.39 is 12.7 Å². The predicted octanol–water partition coefficient (Wildman–Crippen LogP) is 2.95. The Morgan fingerprint density at radius 3 is 2.45 bits per heavy atom. The highest BCUT2D eigenvalue weighted by molar-refractivity contribution is 7.14. The smallest absolute Gasteiger partial charge is 0.335 e. The van der Waals surface area contributed by atoms with Crippen molar-refractivity contribution in [2.24, 2.45) is 0 Å². The van der Waals surface area contributed by atoms with Crippen molar-refractivity contribution in [3.63, 3.8) is 0 Å². The van der Waals surface area contributed by atoms with Crippen molar-refractivity contribution in [1.29, 1.82) is 0 Å². The van der Waals surface area contributed by atoms with Crippen LogP contribution in [0.2, 0.25) is 0 Å². The minimum atomic E-state index is -4.17. The predicted molar refractivity (Wildman–Crippen MR) is 79.4 cm³/mol. The summed E-state index contributed by atoms with van der Waals surface area (Å²) in [6.07, 6.45) is 0.273. The summed E-state index contributed by atoms with van der Waals surface area (Å²) in [4.78, 5) is 17.6. The number of alkyl halides is 3. The number of aryl methyl sites for hydroxylation is 2. The van der Waals surface area contributed by atoms with Gasteiger partial charge in [0.05, 0.1) is 11.4 Å². The number of amides is 1. The van der Waals surface area contributed by atoms with Crippen LogP contribution in [0.5, 0.6) is 0 Å². The van der Waals surface area contributed by atoms with E-state index in [0.717, 1.165) is 17.7 Å². The van der Waals surface area contributed by atoms with E-state index in [1.165, 1.54) is 28.2 Å². The third-order valence-corrected chi connectivity index (χ3v) is 5.49. The number of hydrogen-bond acceptors (Lipinski definition) is 3. The summed E-state index contributed by atoms with van der Waals surface area (Å²) in [7, 11) is 0. The van der Waals surface area contributed by atoms with Gasteiger partial charge in [0.15, 0.2) is 0 Å². The zero-order valence-electron chi connectivity index (χ0n) is 12.3. The Morgan fingerprint density at radius 1 is 1.14 bits per heavy atom. The quantitative estimate of drug-likeness (QED) is 0.831. The van der Waals surface area contributed by atoms with Crippen LogP contribution < -0.4 is 0 Å². The van der Waals surface area contributed by atoms with Gasteiger partial charge in [-0.25, -0.2) is 0 Å². The molecule has 2 aliphatic rings. The fourth-order valence-corrected chi connectivity index (χ4v) is 4.34. The third-order valence-electron chi connectivity index (χ3n) is 4.27. The first-order chi connectivity index (χ1) is 10.4. The van der Waals surface area contributed by atoms with Crippen LogP contribution in [0.4, 0.5) is 13.2 Å². The summed E-state index contributed by atoms with van der Waals surface area (Å²) in [6.45, 7) is 0.434. The molecular weight excluding hydrogens is 313 g/mol. The van der Waals surface area contributed by atoms with E-state index in [4.69, 9.17) is 0 Å². The molecule has 1 saturated heterocycles. The van der Waals surface area contributed by atoms with Gasteiger partial charge in [-0.15, -0.1) is 11.3 Å². The lowest BCUT2D eigenvalue weighted by Crippen LogP contribution is -2.50. The average molecular weight is 332 g/mol. The largest absolute Gasteiger partial charge is 0.401 e. The molecule has 0 spiro atoms. The number of fused-ring (bicyclic) bond motifs is 1. The molecule has 0 unspecified atom stereocenters. The Balaban J connectivity index is 1.59. The third kappa shape index (κ3) is 3.63. The van der Waals surface area contributed by atoms with Crippen LogP contribution in [0.15, 0.2) is 6.07 Å². The lowest BCUT2D eigenvalue weighted by molar-refractivity contribution is -0.148. The second kappa shape index (κ2) is 6.20. The topological polar surface area (TPSA) is 23.6 Å². The normalized spacial score (nSPS) is 20.0. The zero-order valence-corrected chi connectivity index (χ0v) is 13.1. The summed E-state index contributed by atoms with van der Waals surface area (Å²) < 4.78 is 37.1. The molecule has 0 atom stereocenters. The summed E-state index contributed by atoms with van der Waals surface area (Å²) in [5.74, 6) is -0.0222. The van der Waals surface area contributed by atoms with E-state index in [2.05, 4.69) is 0 Å². The van der Waals surface area contributed by atoms with Gasteiger partial charge >= 0.3 is 6.18 Å². The molecule has 0 saturated carbocycles. The zero-order chi connectivity index (χ0) is 15.7. The molecule has 1 aromatic heterocycles. The van der Waals surface area contributed by atoms with Gasteiger partial charge in [0, 0.05) is 31.1 Å². The maximum absolute atomic E-state index is 12.5. The Morgan fingerprint density at radius 2 is 1.82 bits per heavy atom. The summed E-state index contributed by atoms with van der Waals surface area (Å²) in [6, 6.07) is 1.99. The Bertz CT molecular complexity index is 524. The van der Waals surface area contributed by atoms with Crippen molar-refractivity contribution in [3.05, 3.63) is 21.4 Å². The highest BCUT2D eigenvalue weighted by atomic mass is 32.1. The van der Waals surface area contributed by atoms with Gasteiger partial charge in [0.2, 0.25) is 0 Å². The molecule has 1 aromatic rings. The van der Waals surface area contributed by atoms with Gasteiger partial charge in [0.1, 0.15) is 0 Å². The molecule has 1 amide bonds. The average Bonchev–Trinajstić information content (AvgIpc) is 2.89. The van der Waals surface area contributed by atoms with Gasteiger partial charge in [-0.05, 0) is 37.3 Å². The highest BCUT2D eigenvalue weighted by Crippen LogP contribution is 2.30. The number of piperazine rings is 1. The fourth-order valence-electron chi connectivity index (χ4n) is 3.11. The molecule has 0 aromatic carbocycles. The first-order valence-electron chi connectivity index (χ1n) is 7.62. The summed E-state index contributed by atoms with van der Waals surface area (Å²) in [5, 5.41) is 0. The first kappa shape index (κ1) is 15.8. The highest BCUT2D eigenvalue weighted by Gasteiger charge is 2.33. The summed E-state index contributed by atoms with van der Waals surface area (Å²) >= 11 is 1.56. The van der Waals surface area contributed by atoms with Crippen molar-refractivity contribution < 1.29 is 18.0 Å². The van der Waals surface area contributed by atoms with Crippen molar-refractivity contribution in [1.82, 2.24) is 9.80 Å². The van der Waals surface area contributed by atoms with Gasteiger partial charge in [-0.1, -0.05) is 0 Å². The Kier molecular flexibility index (Phi) is 4.45. The number of rotatable bonds is 2. The van der Waals surface area contributed by atoms with Gasteiger partial charge in [-0.2, -0.15) is 13.2 Å². The minimum Gasteiger partial charge on any atom is -0.335 e. The van der Waals surface area contributed by atoms with E-state index in [9.17, 15) is 18.0 Å². The monoisotopic (exact) mass is 332 g/mol. The van der Waals surface area contributed by atoms with Crippen molar-refractivity contribution >= 4 is 17.2 Å². The number of thiophene rings is 1. The maximum atomic E-state index is 12.5. The number of carbonyl (C=O) groups excluding carboxylic acids is 1. The molecule has 0 N–H and O–H groups in total. The Hall–Kier alpha value is -1.08. The van der Waals surface area contributed by atoms with Crippen LogP contribution >= 0.6 is 11.3 Å². The van der Waals surface area contributed by atoms with Crippen LogP contribution in [0.1, 0.15) is 33.0 Å². The minimum absolute atomic E-state index is 0.0222. The van der Waals surface area contributed by atoms with Crippen molar-refractivity contribution in [2.45, 2.75) is 31.9 Å². The summed E-state index contributed by atoms with van der Waals surface area (Å²) in [5.41, 5.74) is 1.29. The number of carbonyl (C=O) groups is 1. The maximum Gasteiger partial charge on any atom is 0.401 e. The molecule has 1 fully saturated rings. The molecule has 22 heavy (non-hydrogen) atoms. The Labute approximate surface area is 131 Å². The number of halogens is 3. The molecule has 0 radical (unpaired) electrons. The lowest BCUT2D eigenvalue weighted by atomic mass is 9.99. The van der Waals surface area contributed by atoms with Crippen LogP contribution in [-0.4, -0.2) is 54.6 Å². The van der Waals surface area contributed by atoms with E-state index in [0.29, 0.717) is 13.1 Å². The number of nitrogens with zero attached hydrogens (tertiary/aromatic N) is 2. The van der Waals surface area contributed by atoms with Gasteiger partial charge in [0.25, 0.3) is 5.91 Å². The molecular formula is C15H19F3N2OS. The van der Waals surface area contributed by atoms with Crippen LogP contribution in [0.3, 0.4) is 0 Å². The van der Waals surface area contributed by atoms with E-state index in [-0.39, 0.29) is 19.0 Å². The van der Waals surface area contributed by atoms with Crippen molar-refractivity contribution in [2.75, 3.05) is 32.7 Å². The van der Waals surface area contributed by atoms with E-state index >= 15 is 0 Å². The fraction of sp³-hybridized carbons (Fsp3) is 0.667. The van der Waals surface area contributed by atoms with Gasteiger partial charge < -0.3 is 4.90 Å². The van der Waals surface area contributed by atoms with Gasteiger partial charge in [-0.3, -0.25) is 9.69 Å². The number of hydrogen-bond donors (Lipinski definition) is 0. The molecule has 3 nitrogen and oxygen atoms in total. The SMILES string of the molecule is O=C(c1cc2c(s1)CCCC2)N1CCN(CC(F)(F)F)CC1. The molecule has 2 heterocycles.